The number of hydrogen-bond acceptors (Lipinski definition) is 4. The molecular weight excluding hydrogens is 266 g/mol. The Morgan fingerprint density at radius 2 is 1.84 bits per heavy atom. The fourth-order valence-corrected chi connectivity index (χ4v) is 2.18. The van der Waals surface area contributed by atoms with E-state index >= 15 is 0 Å². The summed E-state index contributed by atoms with van der Waals surface area (Å²) < 4.78 is 36.3. The Bertz CT molecular complexity index is 528. The summed E-state index contributed by atoms with van der Waals surface area (Å²) in [7, 11) is -3.31. The topological polar surface area (TPSA) is 64.6 Å². The second-order valence-electron chi connectivity index (χ2n) is 5.05. The van der Waals surface area contributed by atoms with Crippen LogP contribution >= 0.6 is 0 Å². The molecule has 0 heterocycles. The van der Waals surface area contributed by atoms with Crippen molar-refractivity contribution in [3.05, 3.63) is 18.2 Å². The molecule has 1 aliphatic carbocycles. The second-order valence-corrected chi connectivity index (χ2v) is 6.80. The molecule has 1 saturated carbocycles. The van der Waals surface area contributed by atoms with Gasteiger partial charge in [-0.3, -0.25) is 4.72 Å². The zero-order valence-corrected chi connectivity index (χ0v) is 12.2. The molecule has 6 heteroatoms. The monoisotopic (exact) mass is 285 g/mol. The summed E-state index contributed by atoms with van der Waals surface area (Å²) in [4.78, 5) is 0. The Morgan fingerprint density at radius 3 is 2.37 bits per heavy atom. The van der Waals surface area contributed by atoms with Gasteiger partial charge in [-0.2, -0.15) is 0 Å². The lowest BCUT2D eigenvalue weighted by Crippen LogP contribution is -2.11. The van der Waals surface area contributed by atoms with Crippen LogP contribution in [0, 0.1) is 0 Å². The fourth-order valence-electron chi connectivity index (χ4n) is 1.63. The van der Waals surface area contributed by atoms with Crippen LogP contribution in [0.25, 0.3) is 0 Å². The van der Waals surface area contributed by atoms with Crippen molar-refractivity contribution >= 4 is 15.7 Å². The zero-order chi connectivity index (χ0) is 14.0. The van der Waals surface area contributed by atoms with Crippen LogP contribution in [-0.4, -0.2) is 26.9 Å². The molecule has 2 rings (SSSR count). The number of sulfonamides is 1. The molecule has 0 aliphatic heterocycles. The molecule has 1 aromatic rings. The van der Waals surface area contributed by atoms with Crippen LogP contribution in [0.2, 0.25) is 0 Å². The number of nitrogens with one attached hydrogen (secondary N) is 1. The van der Waals surface area contributed by atoms with Gasteiger partial charge in [0.2, 0.25) is 10.0 Å². The summed E-state index contributed by atoms with van der Waals surface area (Å²) in [6.07, 6.45) is 3.47. The van der Waals surface area contributed by atoms with Gasteiger partial charge in [0, 0.05) is 18.2 Å². The lowest BCUT2D eigenvalue weighted by molar-refractivity contribution is 0.239. The average Bonchev–Trinajstić information content (AvgIpc) is 2.96. The highest BCUT2D eigenvalue weighted by molar-refractivity contribution is 7.92. The Balaban J connectivity index is 2.24. The SMILES string of the molecule is CC(C)Oc1cc(NS(C)(=O)=O)cc(OC2CC2)c1. The van der Waals surface area contributed by atoms with Gasteiger partial charge in [0.05, 0.1) is 24.2 Å². The molecular formula is C13H19NO4S. The van der Waals surface area contributed by atoms with Gasteiger partial charge in [0.15, 0.2) is 0 Å². The third-order valence-electron chi connectivity index (χ3n) is 2.38. The van der Waals surface area contributed by atoms with Crippen LogP contribution < -0.4 is 14.2 Å². The van der Waals surface area contributed by atoms with Gasteiger partial charge < -0.3 is 9.47 Å². The summed E-state index contributed by atoms with van der Waals surface area (Å²) in [5.74, 6) is 1.23. The van der Waals surface area contributed by atoms with Gasteiger partial charge in [-0.05, 0) is 26.7 Å². The van der Waals surface area contributed by atoms with E-state index in [0.717, 1.165) is 19.1 Å². The number of rotatable bonds is 6. The Hall–Kier alpha value is -1.43. The van der Waals surface area contributed by atoms with Gasteiger partial charge in [0.25, 0.3) is 0 Å². The maximum absolute atomic E-state index is 11.3. The molecule has 19 heavy (non-hydrogen) atoms. The van der Waals surface area contributed by atoms with Crippen molar-refractivity contribution in [3.8, 4) is 11.5 Å². The molecule has 106 valence electrons. The van der Waals surface area contributed by atoms with E-state index < -0.39 is 10.0 Å². The first-order chi connectivity index (χ1) is 8.82. The molecule has 0 spiro atoms. The fraction of sp³-hybridized carbons (Fsp3) is 0.538. The smallest absolute Gasteiger partial charge is 0.229 e. The average molecular weight is 285 g/mol. The minimum absolute atomic E-state index is 0.0160. The molecule has 0 aromatic heterocycles. The molecule has 0 radical (unpaired) electrons. The van der Waals surface area contributed by atoms with Crippen LogP contribution in [-0.2, 0) is 10.0 Å². The van der Waals surface area contributed by atoms with Crippen molar-refractivity contribution in [1.82, 2.24) is 0 Å². The van der Waals surface area contributed by atoms with E-state index in [1.165, 1.54) is 0 Å². The predicted octanol–water partition coefficient (Wildman–Crippen LogP) is 2.39. The van der Waals surface area contributed by atoms with Crippen LogP contribution in [0.4, 0.5) is 5.69 Å². The lowest BCUT2D eigenvalue weighted by atomic mass is 10.3. The number of hydrogen-bond donors (Lipinski definition) is 1. The van der Waals surface area contributed by atoms with E-state index in [1.54, 1.807) is 18.2 Å². The highest BCUT2D eigenvalue weighted by Crippen LogP contribution is 2.32. The summed E-state index contributed by atoms with van der Waals surface area (Å²) in [6, 6.07) is 5.11. The Morgan fingerprint density at radius 1 is 1.21 bits per heavy atom. The first kappa shape index (κ1) is 14.0. The van der Waals surface area contributed by atoms with Crippen molar-refractivity contribution in [3.63, 3.8) is 0 Å². The van der Waals surface area contributed by atoms with E-state index in [4.69, 9.17) is 9.47 Å². The van der Waals surface area contributed by atoms with Crippen molar-refractivity contribution in [2.45, 2.75) is 38.9 Å². The summed E-state index contributed by atoms with van der Waals surface area (Å²) in [6.45, 7) is 3.83. The van der Waals surface area contributed by atoms with Gasteiger partial charge in [-0.1, -0.05) is 0 Å². The van der Waals surface area contributed by atoms with E-state index in [1.807, 2.05) is 13.8 Å². The van der Waals surface area contributed by atoms with Crippen molar-refractivity contribution in [2.75, 3.05) is 11.0 Å². The molecule has 1 fully saturated rings. The highest BCUT2D eigenvalue weighted by Gasteiger charge is 2.24. The third kappa shape index (κ3) is 4.98. The molecule has 1 N–H and O–H groups in total. The highest BCUT2D eigenvalue weighted by atomic mass is 32.2. The minimum Gasteiger partial charge on any atom is -0.491 e. The molecule has 0 unspecified atom stereocenters. The predicted molar refractivity (Wildman–Crippen MR) is 74.3 cm³/mol. The van der Waals surface area contributed by atoms with Crippen molar-refractivity contribution in [1.29, 1.82) is 0 Å². The number of benzene rings is 1. The van der Waals surface area contributed by atoms with E-state index in [2.05, 4.69) is 4.72 Å². The van der Waals surface area contributed by atoms with Crippen molar-refractivity contribution in [2.24, 2.45) is 0 Å². The molecule has 0 amide bonds. The lowest BCUT2D eigenvalue weighted by Gasteiger charge is -2.14. The van der Waals surface area contributed by atoms with Gasteiger partial charge in [0.1, 0.15) is 11.5 Å². The summed E-state index contributed by atoms with van der Waals surface area (Å²) in [5.41, 5.74) is 0.455. The minimum atomic E-state index is -3.31. The number of anilines is 1. The van der Waals surface area contributed by atoms with Crippen LogP contribution in [0.3, 0.4) is 0 Å². The summed E-state index contributed by atoms with van der Waals surface area (Å²) >= 11 is 0. The molecule has 0 saturated heterocycles. The van der Waals surface area contributed by atoms with Crippen molar-refractivity contribution < 1.29 is 17.9 Å². The largest absolute Gasteiger partial charge is 0.491 e. The van der Waals surface area contributed by atoms with Crippen LogP contribution in [0.15, 0.2) is 18.2 Å². The Labute approximate surface area is 114 Å². The van der Waals surface area contributed by atoms with E-state index in [-0.39, 0.29) is 12.2 Å². The third-order valence-corrected chi connectivity index (χ3v) is 2.99. The first-order valence-electron chi connectivity index (χ1n) is 6.28. The van der Waals surface area contributed by atoms with Crippen LogP contribution in [0.1, 0.15) is 26.7 Å². The molecule has 0 bridgehead atoms. The molecule has 5 nitrogen and oxygen atoms in total. The summed E-state index contributed by atoms with van der Waals surface area (Å²) in [5, 5.41) is 0. The normalized spacial score (nSPS) is 15.4. The van der Waals surface area contributed by atoms with E-state index in [9.17, 15) is 8.42 Å². The maximum Gasteiger partial charge on any atom is 0.229 e. The van der Waals surface area contributed by atoms with Gasteiger partial charge >= 0.3 is 0 Å². The maximum atomic E-state index is 11.3. The standard InChI is InChI=1S/C13H19NO4S/c1-9(2)17-12-6-10(14-19(3,15)16)7-13(8-12)18-11-4-5-11/h6-9,11,14H,4-5H2,1-3H3. The quantitative estimate of drug-likeness (QED) is 0.871. The molecule has 0 atom stereocenters. The van der Waals surface area contributed by atoms with Gasteiger partial charge in [-0.15, -0.1) is 0 Å². The van der Waals surface area contributed by atoms with E-state index in [0.29, 0.717) is 17.2 Å². The first-order valence-corrected chi connectivity index (χ1v) is 8.17. The second kappa shape index (κ2) is 5.28. The number of ether oxygens (including phenoxy) is 2. The zero-order valence-electron chi connectivity index (χ0n) is 11.3. The Kier molecular flexibility index (Phi) is 3.89. The van der Waals surface area contributed by atoms with Crippen LogP contribution in [0.5, 0.6) is 11.5 Å². The van der Waals surface area contributed by atoms with Gasteiger partial charge in [-0.25, -0.2) is 8.42 Å². The molecule has 1 aromatic carbocycles. The molecule has 1 aliphatic rings.